The second-order valence-electron chi connectivity index (χ2n) is 4.05. The average Bonchev–Trinajstić information content (AvgIpc) is 2.31. The van der Waals surface area contributed by atoms with E-state index in [-0.39, 0.29) is 18.3 Å². The van der Waals surface area contributed by atoms with Gasteiger partial charge in [0.05, 0.1) is 0 Å². The molecule has 0 aliphatic rings. The third kappa shape index (κ3) is 5.16. The van der Waals surface area contributed by atoms with Crippen molar-refractivity contribution in [3.05, 3.63) is 28.8 Å². The maximum Gasteiger partial charge on any atom is 0.387 e. The van der Waals surface area contributed by atoms with Gasteiger partial charge in [-0.25, -0.2) is 0 Å². The molecule has 0 aliphatic carbocycles. The summed E-state index contributed by atoms with van der Waals surface area (Å²) in [6, 6.07) is 4.50. The van der Waals surface area contributed by atoms with E-state index in [0.717, 1.165) is 0 Å². The summed E-state index contributed by atoms with van der Waals surface area (Å²) < 4.78 is 28.8. The third-order valence-electron chi connectivity index (χ3n) is 2.36. The number of aliphatic hydroxyl groups is 1. The van der Waals surface area contributed by atoms with Crippen LogP contribution in [0.2, 0.25) is 5.02 Å². The molecule has 0 aliphatic heterocycles. The lowest BCUT2D eigenvalue weighted by molar-refractivity contribution is -0.0505. The van der Waals surface area contributed by atoms with Crippen molar-refractivity contribution in [1.29, 1.82) is 0 Å². The van der Waals surface area contributed by atoms with Gasteiger partial charge < -0.3 is 15.2 Å². The summed E-state index contributed by atoms with van der Waals surface area (Å²) in [6.07, 6.45) is 0. The van der Waals surface area contributed by atoms with Gasteiger partial charge in [0.1, 0.15) is 5.75 Å². The van der Waals surface area contributed by atoms with Gasteiger partial charge >= 0.3 is 6.61 Å². The van der Waals surface area contributed by atoms with Crippen LogP contribution in [0.4, 0.5) is 8.78 Å². The van der Waals surface area contributed by atoms with Crippen molar-refractivity contribution in [2.45, 2.75) is 20.1 Å². The van der Waals surface area contributed by atoms with Crippen LogP contribution in [0.5, 0.6) is 5.75 Å². The number of ether oxygens (including phenoxy) is 1. The van der Waals surface area contributed by atoms with Crippen LogP contribution in [-0.4, -0.2) is 24.9 Å². The number of benzene rings is 1. The fourth-order valence-electron chi connectivity index (χ4n) is 1.41. The van der Waals surface area contributed by atoms with Gasteiger partial charge in [0, 0.05) is 30.3 Å². The van der Waals surface area contributed by atoms with Crippen molar-refractivity contribution in [2.24, 2.45) is 5.92 Å². The molecular formula is C12H16ClF2NO2. The van der Waals surface area contributed by atoms with E-state index >= 15 is 0 Å². The highest BCUT2D eigenvalue weighted by molar-refractivity contribution is 6.30. The van der Waals surface area contributed by atoms with Crippen LogP contribution in [0.15, 0.2) is 18.2 Å². The maximum absolute atomic E-state index is 12.2. The molecule has 0 saturated carbocycles. The van der Waals surface area contributed by atoms with E-state index in [9.17, 15) is 8.78 Å². The largest absolute Gasteiger partial charge is 0.434 e. The molecule has 3 nitrogen and oxygen atoms in total. The predicted octanol–water partition coefficient (Wildman–Crippen LogP) is 2.66. The fraction of sp³-hybridized carbons (Fsp3) is 0.500. The first-order valence-electron chi connectivity index (χ1n) is 5.57. The van der Waals surface area contributed by atoms with Gasteiger partial charge in [0.25, 0.3) is 0 Å². The van der Waals surface area contributed by atoms with Crippen LogP contribution in [0, 0.1) is 5.92 Å². The van der Waals surface area contributed by atoms with Crippen molar-refractivity contribution in [2.75, 3.05) is 13.2 Å². The molecule has 1 unspecified atom stereocenters. The molecule has 0 aromatic heterocycles. The van der Waals surface area contributed by atoms with E-state index in [1.807, 2.05) is 6.92 Å². The molecule has 1 atom stereocenters. The molecular weight excluding hydrogens is 264 g/mol. The van der Waals surface area contributed by atoms with Gasteiger partial charge in [-0.05, 0) is 24.1 Å². The molecule has 0 heterocycles. The van der Waals surface area contributed by atoms with E-state index in [4.69, 9.17) is 16.7 Å². The molecule has 0 fully saturated rings. The van der Waals surface area contributed by atoms with Gasteiger partial charge in [-0.1, -0.05) is 18.5 Å². The zero-order valence-corrected chi connectivity index (χ0v) is 10.8. The Morgan fingerprint density at radius 2 is 2.17 bits per heavy atom. The number of hydrogen-bond donors (Lipinski definition) is 2. The molecule has 0 radical (unpaired) electrons. The lowest BCUT2D eigenvalue weighted by Crippen LogP contribution is -2.23. The molecule has 0 saturated heterocycles. The maximum atomic E-state index is 12.2. The standard InChI is InChI=1S/C12H16ClF2NO2/c1-8(7-17)5-16-6-9-4-10(13)2-3-11(9)18-12(14)15/h2-4,8,12,16-17H,5-7H2,1H3. The predicted molar refractivity (Wildman–Crippen MR) is 66.0 cm³/mol. The van der Waals surface area contributed by atoms with E-state index in [1.165, 1.54) is 12.1 Å². The van der Waals surface area contributed by atoms with E-state index in [0.29, 0.717) is 23.7 Å². The first kappa shape index (κ1) is 15.1. The summed E-state index contributed by atoms with van der Waals surface area (Å²) >= 11 is 5.81. The highest BCUT2D eigenvalue weighted by atomic mass is 35.5. The summed E-state index contributed by atoms with van der Waals surface area (Å²) in [7, 11) is 0. The zero-order chi connectivity index (χ0) is 13.5. The molecule has 1 aromatic carbocycles. The Labute approximate surface area is 110 Å². The highest BCUT2D eigenvalue weighted by Crippen LogP contribution is 2.24. The number of halogens is 3. The topological polar surface area (TPSA) is 41.5 Å². The molecule has 0 bridgehead atoms. The van der Waals surface area contributed by atoms with Gasteiger partial charge in [-0.15, -0.1) is 0 Å². The molecule has 102 valence electrons. The summed E-state index contributed by atoms with van der Waals surface area (Å²) in [5.41, 5.74) is 0.563. The van der Waals surface area contributed by atoms with Gasteiger partial charge in [0.15, 0.2) is 0 Å². The number of alkyl halides is 2. The number of rotatable bonds is 7. The summed E-state index contributed by atoms with van der Waals surface area (Å²) in [6.45, 7) is 0.0236. The van der Waals surface area contributed by atoms with Crippen molar-refractivity contribution < 1.29 is 18.6 Å². The Hall–Kier alpha value is -0.910. The molecule has 2 N–H and O–H groups in total. The zero-order valence-electron chi connectivity index (χ0n) is 10.00. The highest BCUT2D eigenvalue weighted by Gasteiger charge is 2.10. The fourth-order valence-corrected chi connectivity index (χ4v) is 1.61. The number of nitrogens with one attached hydrogen (secondary N) is 1. The van der Waals surface area contributed by atoms with Gasteiger partial charge in [0.2, 0.25) is 0 Å². The Balaban J connectivity index is 2.64. The molecule has 0 spiro atoms. The van der Waals surface area contributed by atoms with Crippen molar-refractivity contribution in [3.8, 4) is 5.75 Å². The first-order chi connectivity index (χ1) is 8.52. The van der Waals surface area contributed by atoms with Crippen LogP contribution in [0.25, 0.3) is 0 Å². The monoisotopic (exact) mass is 279 g/mol. The minimum atomic E-state index is -2.86. The molecule has 1 rings (SSSR count). The minimum absolute atomic E-state index is 0.0724. The molecule has 1 aromatic rings. The third-order valence-corrected chi connectivity index (χ3v) is 2.59. The lowest BCUT2D eigenvalue weighted by Gasteiger charge is -2.13. The summed E-state index contributed by atoms with van der Waals surface area (Å²) in [4.78, 5) is 0. The summed E-state index contributed by atoms with van der Waals surface area (Å²) in [5, 5.41) is 12.4. The van der Waals surface area contributed by atoms with E-state index in [2.05, 4.69) is 10.1 Å². The molecule has 18 heavy (non-hydrogen) atoms. The Morgan fingerprint density at radius 1 is 1.44 bits per heavy atom. The van der Waals surface area contributed by atoms with Crippen LogP contribution in [-0.2, 0) is 6.54 Å². The van der Waals surface area contributed by atoms with Crippen molar-refractivity contribution >= 4 is 11.6 Å². The SMILES string of the molecule is CC(CO)CNCc1cc(Cl)ccc1OC(F)F. The second-order valence-corrected chi connectivity index (χ2v) is 4.49. The van der Waals surface area contributed by atoms with Crippen LogP contribution in [0.1, 0.15) is 12.5 Å². The first-order valence-corrected chi connectivity index (χ1v) is 5.95. The van der Waals surface area contributed by atoms with Crippen molar-refractivity contribution in [1.82, 2.24) is 5.32 Å². The lowest BCUT2D eigenvalue weighted by atomic mass is 10.1. The number of aliphatic hydroxyl groups excluding tert-OH is 1. The van der Waals surface area contributed by atoms with E-state index < -0.39 is 6.61 Å². The Bertz CT molecular complexity index is 377. The van der Waals surface area contributed by atoms with Crippen LogP contribution < -0.4 is 10.1 Å². The van der Waals surface area contributed by atoms with E-state index in [1.54, 1.807) is 6.07 Å². The van der Waals surface area contributed by atoms with Gasteiger partial charge in [-0.2, -0.15) is 8.78 Å². The molecule has 0 amide bonds. The van der Waals surface area contributed by atoms with Gasteiger partial charge in [-0.3, -0.25) is 0 Å². The normalized spacial score (nSPS) is 12.8. The quantitative estimate of drug-likeness (QED) is 0.806. The second kappa shape index (κ2) is 7.51. The van der Waals surface area contributed by atoms with Crippen molar-refractivity contribution in [3.63, 3.8) is 0 Å². The number of hydrogen-bond acceptors (Lipinski definition) is 3. The Morgan fingerprint density at radius 3 is 2.78 bits per heavy atom. The van der Waals surface area contributed by atoms with Crippen LogP contribution >= 0.6 is 11.6 Å². The summed E-state index contributed by atoms with van der Waals surface area (Å²) in [5.74, 6) is 0.210. The Kier molecular flexibility index (Phi) is 6.32. The average molecular weight is 280 g/mol. The minimum Gasteiger partial charge on any atom is -0.434 e. The smallest absolute Gasteiger partial charge is 0.387 e. The molecule has 6 heteroatoms. The van der Waals surface area contributed by atoms with Crippen LogP contribution in [0.3, 0.4) is 0 Å².